The second-order valence-electron chi connectivity index (χ2n) is 6.58. The molecule has 0 amide bonds. The minimum Gasteiger partial charge on any atom is -0.372 e. The highest BCUT2D eigenvalue weighted by Gasteiger charge is 2.20. The fraction of sp³-hybridized carbons (Fsp3) is 0.722. The Kier molecular flexibility index (Phi) is 6.22. The fourth-order valence-corrected chi connectivity index (χ4v) is 3.45. The molecule has 1 aromatic rings. The van der Waals surface area contributed by atoms with E-state index in [0.717, 1.165) is 18.5 Å². The normalized spacial score (nSPS) is 22.0. The molecule has 1 aromatic heterocycles. The van der Waals surface area contributed by atoms with Crippen molar-refractivity contribution in [3.63, 3.8) is 0 Å². The molecule has 22 heavy (non-hydrogen) atoms. The topological polar surface area (TPSA) is 28.6 Å². The van der Waals surface area contributed by atoms with Crippen LogP contribution in [0.5, 0.6) is 0 Å². The second kappa shape index (κ2) is 8.61. The lowest BCUT2D eigenvalue weighted by Crippen LogP contribution is -2.42. The van der Waals surface area contributed by atoms with Crippen molar-refractivity contribution in [3.8, 4) is 0 Å². The van der Waals surface area contributed by atoms with Crippen LogP contribution in [0.4, 0.5) is 0 Å². The summed E-state index contributed by atoms with van der Waals surface area (Å²) < 4.78 is 6.01. The van der Waals surface area contributed by atoms with Gasteiger partial charge in [-0.15, -0.1) is 0 Å². The Balaban J connectivity index is 1.30. The van der Waals surface area contributed by atoms with Crippen molar-refractivity contribution in [2.45, 2.75) is 44.8 Å². The van der Waals surface area contributed by atoms with Gasteiger partial charge in [0.2, 0.25) is 0 Å². The lowest BCUT2D eigenvalue weighted by molar-refractivity contribution is -0.00531. The summed E-state index contributed by atoms with van der Waals surface area (Å²) >= 11 is 0. The van der Waals surface area contributed by atoms with E-state index in [1.807, 2.05) is 24.4 Å². The maximum absolute atomic E-state index is 6.01. The molecular formula is C18H29N3O. The largest absolute Gasteiger partial charge is 0.372 e. The average molecular weight is 303 g/mol. The molecule has 0 spiro atoms. The molecular weight excluding hydrogens is 274 g/mol. The Morgan fingerprint density at radius 2 is 1.68 bits per heavy atom. The van der Waals surface area contributed by atoms with Gasteiger partial charge in [-0.1, -0.05) is 12.5 Å². The molecule has 0 bridgehead atoms. The van der Waals surface area contributed by atoms with Gasteiger partial charge in [0.15, 0.2) is 0 Å². The van der Waals surface area contributed by atoms with Crippen LogP contribution in [0.25, 0.3) is 0 Å². The van der Waals surface area contributed by atoms with Crippen molar-refractivity contribution in [3.05, 3.63) is 30.1 Å². The van der Waals surface area contributed by atoms with Crippen LogP contribution in [-0.4, -0.2) is 60.2 Å². The molecule has 0 atom stereocenters. The van der Waals surface area contributed by atoms with Crippen molar-refractivity contribution in [2.24, 2.45) is 0 Å². The quantitative estimate of drug-likeness (QED) is 0.807. The Hall–Kier alpha value is -0.970. The van der Waals surface area contributed by atoms with Crippen molar-refractivity contribution in [2.75, 3.05) is 39.3 Å². The number of pyridine rings is 1. The van der Waals surface area contributed by atoms with Crippen LogP contribution < -0.4 is 0 Å². The molecule has 0 aromatic carbocycles. The summed E-state index contributed by atoms with van der Waals surface area (Å²) in [6.07, 6.45) is 8.78. The summed E-state index contributed by atoms with van der Waals surface area (Å²) in [4.78, 5) is 9.56. The summed E-state index contributed by atoms with van der Waals surface area (Å²) in [5.74, 6) is 0. The molecule has 2 fully saturated rings. The molecule has 0 radical (unpaired) electrons. The summed E-state index contributed by atoms with van der Waals surface area (Å²) in [7, 11) is 0. The van der Waals surface area contributed by atoms with Crippen molar-refractivity contribution < 1.29 is 4.74 Å². The van der Waals surface area contributed by atoms with E-state index in [1.165, 1.54) is 58.5 Å². The third-order valence-electron chi connectivity index (χ3n) is 4.91. The van der Waals surface area contributed by atoms with Crippen molar-refractivity contribution in [1.29, 1.82) is 0 Å². The van der Waals surface area contributed by atoms with Crippen LogP contribution >= 0.6 is 0 Å². The lowest BCUT2D eigenvalue weighted by atomic mass is 10.1. The molecule has 0 N–H and O–H groups in total. The SMILES string of the molecule is c1ccc(COC2CCN(CCN3CCCCC3)CC2)nc1. The summed E-state index contributed by atoms with van der Waals surface area (Å²) in [6.45, 7) is 8.11. The van der Waals surface area contributed by atoms with Gasteiger partial charge in [0.1, 0.15) is 0 Å². The van der Waals surface area contributed by atoms with Crippen molar-refractivity contribution in [1.82, 2.24) is 14.8 Å². The van der Waals surface area contributed by atoms with Gasteiger partial charge >= 0.3 is 0 Å². The Morgan fingerprint density at radius 1 is 0.955 bits per heavy atom. The first kappa shape index (κ1) is 15.9. The van der Waals surface area contributed by atoms with Crippen LogP contribution in [0.2, 0.25) is 0 Å². The van der Waals surface area contributed by atoms with E-state index < -0.39 is 0 Å². The van der Waals surface area contributed by atoms with Gasteiger partial charge in [-0.05, 0) is 50.9 Å². The van der Waals surface area contributed by atoms with E-state index in [2.05, 4.69) is 14.8 Å². The number of rotatable bonds is 6. The molecule has 4 heteroatoms. The number of ether oxygens (including phenoxy) is 1. The molecule has 4 nitrogen and oxygen atoms in total. The van der Waals surface area contributed by atoms with Crippen LogP contribution in [0.1, 0.15) is 37.8 Å². The van der Waals surface area contributed by atoms with Gasteiger partial charge in [0, 0.05) is 32.4 Å². The maximum Gasteiger partial charge on any atom is 0.0891 e. The average Bonchev–Trinajstić information content (AvgIpc) is 2.61. The fourth-order valence-electron chi connectivity index (χ4n) is 3.45. The zero-order chi connectivity index (χ0) is 15.0. The van der Waals surface area contributed by atoms with Gasteiger partial charge in [-0.3, -0.25) is 4.98 Å². The van der Waals surface area contributed by atoms with Crippen LogP contribution in [0.3, 0.4) is 0 Å². The van der Waals surface area contributed by atoms with E-state index in [1.54, 1.807) is 0 Å². The maximum atomic E-state index is 6.01. The first-order valence-corrected chi connectivity index (χ1v) is 8.86. The van der Waals surface area contributed by atoms with E-state index in [4.69, 9.17) is 4.74 Å². The first-order chi connectivity index (χ1) is 10.9. The summed E-state index contributed by atoms with van der Waals surface area (Å²) in [5.41, 5.74) is 1.04. The predicted molar refractivity (Wildman–Crippen MR) is 88.8 cm³/mol. The molecule has 122 valence electrons. The highest BCUT2D eigenvalue weighted by Crippen LogP contribution is 2.15. The third kappa shape index (κ3) is 5.04. The molecule has 0 saturated carbocycles. The number of piperidine rings is 2. The van der Waals surface area contributed by atoms with E-state index >= 15 is 0 Å². The molecule has 0 unspecified atom stereocenters. The number of nitrogens with zero attached hydrogens (tertiary/aromatic N) is 3. The predicted octanol–water partition coefficient (Wildman–Crippen LogP) is 2.55. The number of hydrogen-bond acceptors (Lipinski definition) is 4. The Labute approximate surface area is 134 Å². The van der Waals surface area contributed by atoms with Crippen LogP contribution in [0.15, 0.2) is 24.4 Å². The van der Waals surface area contributed by atoms with Gasteiger partial charge in [-0.25, -0.2) is 0 Å². The second-order valence-corrected chi connectivity index (χ2v) is 6.58. The Morgan fingerprint density at radius 3 is 2.36 bits per heavy atom. The van der Waals surface area contributed by atoms with Gasteiger partial charge in [0.05, 0.1) is 18.4 Å². The Bertz CT molecular complexity index is 412. The molecule has 2 aliphatic heterocycles. The van der Waals surface area contributed by atoms with Crippen LogP contribution in [0, 0.1) is 0 Å². The minimum atomic E-state index is 0.410. The summed E-state index contributed by atoms with van der Waals surface area (Å²) in [5, 5.41) is 0. The van der Waals surface area contributed by atoms with Crippen LogP contribution in [-0.2, 0) is 11.3 Å². The monoisotopic (exact) mass is 303 g/mol. The van der Waals surface area contributed by atoms with Gasteiger partial charge in [-0.2, -0.15) is 0 Å². The highest BCUT2D eigenvalue weighted by atomic mass is 16.5. The highest BCUT2D eigenvalue weighted by molar-refractivity contribution is 5.02. The van der Waals surface area contributed by atoms with E-state index in [9.17, 15) is 0 Å². The zero-order valence-electron chi connectivity index (χ0n) is 13.6. The summed E-state index contributed by atoms with van der Waals surface area (Å²) in [6, 6.07) is 6.01. The minimum absolute atomic E-state index is 0.410. The first-order valence-electron chi connectivity index (χ1n) is 8.86. The molecule has 2 saturated heterocycles. The zero-order valence-corrected chi connectivity index (χ0v) is 13.6. The van der Waals surface area contributed by atoms with E-state index in [0.29, 0.717) is 12.7 Å². The number of aromatic nitrogens is 1. The molecule has 2 aliphatic rings. The molecule has 0 aliphatic carbocycles. The standard InChI is InChI=1S/C18H29N3O/c1-4-10-20(11-5-1)14-15-21-12-7-18(8-13-21)22-16-17-6-2-3-9-19-17/h2-3,6,9,18H,1,4-5,7-8,10-16H2. The van der Waals surface area contributed by atoms with Gasteiger partial charge < -0.3 is 14.5 Å². The molecule has 3 rings (SSSR count). The third-order valence-corrected chi connectivity index (χ3v) is 4.91. The molecule has 3 heterocycles. The van der Waals surface area contributed by atoms with Gasteiger partial charge in [0.25, 0.3) is 0 Å². The smallest absolute Gasteiger partial charge is 0.0891 e. The lowest BCUT2D eigenvalue weighted by Gasteiger charge is -2.34. The number of likely N-dealkylation sites (tertiary alicyclic amines) is 2. The number of hydrogen-bond donors (Lipinski definition) is 0. The van der Waals surface area contributed by atoms with E-state index in [-0.39, 0.29) is 0 Å². The van der Waals surface area contributed by atoms with Crippen molar-refractivity contribution >= 4 is 0 Å².